The van der Waals surface area contributed by atoms with Gasteiger partial charge in [-0.25, -0.2) is 0 Å². The molecule has 0 atom stereocenters. The second-order valence-corrected chi connectivity index (χ2v) is 17.7. The van der Waals surface area contributed by atoms with Crippen LogP contribution in [0.2, 0.25) is 0 Å². The van der Waals surface area contributed by atoms with Crippen LogP contribution in [0.25, 0.3) is 0 Å². The molecule has 11 heteroatoms. The van der Waals surface area contributed by atoms with Crippen LogP contribution < -0.4 is 0 Å². The molecule has 0 aliphatic carbocycles. The third-order valence-electron chi connectivity index (χ3n) is 2.61. The van der Waals surface area contributed by atoms with Crippen LogP contribution in [0.15, 0.2) is 0 Å². The third-order valence-corrected chi connectivity index (χ3v) is 7.83. The van der Waals surface area contributed by atoms with Gasteiger partial charge >= 0.3 is 39.2 Å². The van der Waals surface area contributed by atoms with E-state index in [1.807, 2.05) is 125 Å². The molecule has 0 unspecified atom stereocenters. The molecule has 37 heavy (non-hydrogen) atoms. The fraction of sp³-hybridized carbons (Fsp3) is 0.923. The largest absolute Gasteiger partial charge is 2.00 e. The minimum absolute atomic E-state index is 0. The average molecular weight is 754 g/mol. The van der Waals surface area contributed by atoms with E-state index in [1.165, 1.54) is 0 Å². The third kappa shape index (κ3) is 32.9. The molecule has 0 heterocycles. The van der Waals surface area contributed by atoms with Crippen LogP contribution in [0, 0.1) is 14.9 Å². The zero-order valence-electron chi connectivity index (χ0n) is 27.7. The Kier molecular flexibility index (Phi) is 20.2. The van der Waals surface area contributed by atoms with E-state index >= 15 is 0 Å². The van der Waals surface area contributed by atoms with E-state index in [-0.39, 0.29) is 35.9 Å². The fourth-order valence-electron chi connectivity index (χ4n) is 2.45. The first-order valence-electron chi connectivity index (χ1n) is 11.9. The number of rotatable bonds is 6. The van der Waals surface area contributed by atoms with Gasteiger partial charge in [0.05, 0.1) is 33.6 Å². The van der Waals surface area contributed by atoms with Crippen LogP contribution >= 0.6 is 0 Å². The van der Waals surface area contributed by atoms with Crippen molar-refractivity contribution < 1.29 is 57.2 Å². The standard InChI is InChI=1S/2C12H28O4Si.2CH3.Pt/c2*1-10(2,3)14-17(13,15-11(4,5)6)16-12(7,8)9;;;/h2*13H,1-9H3;2*1H3;/q;;2*-1;+2. The van der Waals surface area contributed by atoms with E-state index in [2.05, 4.69) is 0 Å². The van der Waals surface area contributed by atoms with Crippen LogP contribution in [-0.4, -0.2) is 61.3 Å². The minimum Gasteiger partial charge on any atom is -0.367 e. The van der Waals surface area contributed by atoms with Crippen molar-refractivity contribution in [1.29, 1.82) is 0 Å². The summed E-state index contributed by atoms with van der Waals surface area (Å²) in [7, 11) is -7.31. The van der Waals surface area contributed by atoms with Gasteiger partial charge in [0.15, 0.2) is 0 Å². The summed E-state index contributed by atoms with van der Waals surface area (Å²) >= 11 is 0. The summed E-state index contributed by atoms with van der Waals surface area (Å²) in [5, 5.41) is 0. The zero-order valence-corrected chi connectivity index (χ0v) is 31.9. The Bertz CT molecular complexity index is 469. The van der Waals surface area contributed by atoms with Gasteiger partial charge in [-0.3, -0.25) is 0 Å². The minimum atomic E-state index is -3.66. The Morgan fingerprint density at radius 3 is 0.459 bits per heavy atom. The van der Waals surface area contributed by atoms with Gasteiger partial charge in [-0.2, -0.15) is 0 Å². The predicted molar refractivity (Wildman–Crippen MR) is 154 cm³/mol. The molecule has 0 radical (unpaired) electrons. The molecule has 0 fully saturated rings. The zero-order chi connectivity index (χ0) is 28.2. The van der Waals surface area contributed by atoms with Crippen molar-refractivity contribution in [2.45, 2.75) is 158 Å². The van der Waals surface area contributed by atoms with Crippen molar-refractivity contribution in [3.8, 4) is 0 Å². The Morgan fingerprint density at radius 1 is 0.324 bits per heavy atom. The van der Waals surface area contributed by atoms with Gasteiger partial charge in [-0.05, 0) is 125 Å². The maximum Gasteiger partial charge on any atom is 2.00 e. The number of hydrogen-bond donors (Lipinski definition) is 2. The first-order valence-corrected chi connectivity index (χ1v) is 15.2. The molecule has 0 aliphatic rings. The molecular weight excluding hydrogens is 692 g/mol. The monoisotopic (exact) mass is 753 g/mol. The molecule has 0 rings (SSSR count). The van der Waals surface area contributed by atoms with E-state index in [0.29, 0.717) is 0 Å². The van der Waals surface area contributed by atoms with Gasteiger partial charge in [-0.1, -0.05) is 0 Å². The van der Waals surface area contributed by atoms with Gasteiger partial charge in [-0.15, -0.1) is 0 Å². The molecule has 0 saturated heterocycles. The Balaban J connectivity index is -0.000000171. The van der Waals surface area contributed by atoms with Crippen molar-refractivity contribution >= 4 is 18.1 Å². The first kappa shape index (κ1) is 47.6. The predicted octanol–water partition coefficient (Wildman–Crippen LogP) is 6.62. The van der Waals surface area contributed by atoms with Crippen molar-refractivity contribution in [3.05, 3.63) is 14.9 Å². The van der Waals surface area contributed by atoms with Crippen LogP contribution in [0.4, 0.5) is 0 Å². The first-order chi connectivity index (χ1) is 14.2. The van der Waals surface area contributed by atoms with E-state index in [4.69, 9.17) is 26.6 Å². The van der Waals surface area contributed by atoms with Crippen molar-refractivity contribution in [2.75, 3.05) is 0 Å². The van der Waals surface area contributed by atoms with Gasteiger partial charge in [0, 0.05) is 0 Å². The van der Waals surface area contributed by atoms with Crippen molar-refractivity contribution in [1.82, 2.24) is 0 Å². The van der Waals surface area contributed by atoms with Crippen molar-refractivity contribution in [3.63, 3.8) is 0 Å². The molecule has 232 valence electrons. The summed E-state index contributed by atoms with van der Waals surface area (Å²) in [5.74, 6) is 0. The van der Waals surface area contributed by atoms with Crippen molar-refractivity contribution in [2.24, 2.45) is 0 Å². The molecule has 0 aliphatic heterocycles. The SMILES string of the molecule is CC(C)(C)O[Si](O)(OC(C)(C)C)OC(C)(C)C.CC(C)(C)O[Si](O)(OC(C)(C)C)OC(C)(C)C.[CH3-].[CH3-].[Pt+2]. The van der Waals surface area contributed by atoms with E-state index in [0.717, 1.165) is 0 Å². The summed E-state index contributed by atoms with van der Waals surface area (Å²) in [4.78, 5) is 21.0. The molecular formula is C26H62O8PtSi2. The molecule has 0 aromatic heterocycles. The smallest absolute Gasteiger partial charge is 0.367 e. The molecule has 8 nitrogen and oxygen atoms in total. The number of hydrogen-bond acceptors (Lipinski definition) is 8. The summed E-state index contributed by atoms with van der Waals surface area (Å²) < 4.78 is 33.8. The molecule has 2 N–H and O–H groups in total. The van der Waals surface area contributed by atoms with E-state index in [1.54, 1.807) is 0 Å². The fourth-order valence-corrected chi connectivity index (χ4v) is 7.34. The topological polar surface area (TPSA) is 95.8 Å². The van der Waals surface area contributed by atoms with Gasteiger partial charge in [0.1, 0.15) is 0 Å². The summed E-state index contributed by atoms with van der Waals surface area (Å²) in [5.41, 5.74) is -3.10. The van der Waals surface area contributed by atoms with Gasteiger partial charge in [0.2, 0.25) is 0 Å². The Hall–Kier alpha value is 0.802. The van der Waals surface area contributed by atoms with Gasteiger partial charge < -0.3 is 51.0 Å². The second kappa shape index (κ2) is 15.7. The maximum atomic E-state index is 10.5. The Morgan fingerprint density at radius 2 is 0.405 bits per heavy atom. The second-order valence-electron chi connectivity index (χ2n) is 14.3. The summed E-state index contributed by atoms with van der Waals surface area (Å²) in [6, 6.07) is 0. The van der Waals surface area contributed by atoms with E-state index in [9.17, 15) is 9.59 Å². The van der Waals surface area contributed by atoms with Gasteiger partial charge in [0.25, 0.3) is 0 Å². The molecule has 0 amide bonds. The molecule has 0 spiro atoms. The summed E-state index contributed by atoms with van der Waals surface area (Å²) in [6.45, 7) is 33.6. The normalized spacial score (nSPS) is 13.9. The van der Waals surface area contributed by atoms with Crippen LogP contribution in [-0.2, 0) is 47.6 Å². The molecule has 0 bridgehead atoms. The summed E-state index contributed by atoms with van der Waals surface area (Å²) in [6.07, 6.45) is 0. The molecule has 0 saturated carbocycles. The van der Waals surface area contributed by atoms with E-state index < -0.39 is 51.7 Å². The Labute approximate surface area is 247 Å². The maximum absolute atomic E-state index is 10.5. The molecule has 0 aromatic rings. The molecule has 0 aromatic carbocycles. The van der Waals surface area contributed by atoms with Crippen LogP contribution in [0.3, 0.4) is 0 Å². The average Bonchev–Trinajstić information content (AvgIpc) is 2.20. The quantitative estimate of drug-likeness (QED) is 0.231. The van der Waals surface area contributed by atoms with Crippen LogP contribution in [0.5, 0.6) is 0 Å². The van der Waals surface area contributed by atoms with Crippen LogP contribution in [0.1, 0.15) is 125 Å².